The van der Waals surface area contributed by atoms with E-state index in [4.69, 9.17) is 11.6 Å². The van der Waals surface area contributed by atoms with E-state index in [2.05, 4.69) is 20.5 Å². The van der Waals surface area contributed by atoms with Crippen LogP contribution in [0.4, 0.5) is 5.82 Å². The first-order valence-corrected chi connectivity index (χ1v) is 4.13. The summed E-state index contributed by atoms with van der Waals surface area (Å²) in [5.41, 5.74) is 0. The molecule has 0 aliphatic rings. The van der Waals surface area contributed by atoms with Gasteiger partial charge in [0, 0.05) is 11.4 Å². The maximum Gasteiger partial charge on any atom is 0.308 e. The van der Waals surface area contributed by atoms with Crippen LogP contribution in [0.1, 0.15) is 6.92 Å². The van der Waals surface area contributed by atoms with Crippen molar-refractivity contribution in [3.05, 3.63) is 22.5 Å². The summed E-state index contributed by atoms with van der Waals surface area (Å²) in [7, 11) is 0. The number of amides is 1. The fourth-order valence-electron chi connectivity index (χ4n) is 0.778. The Labute approximate surface area is 84.7 Å². The molecule has 0 unspecified atom stereocenters. The first kappa shape index (κ1) is 10.5. The first-order chi connectivity index (χ1) is 6.63. The predicted molar refractivity (Wildman–Crippen MR) is 50.9 cm³/mol. The molecule has 0 radical (unpaired) electrons. The molecule has 0 saturated carbocycles. The summed E-state index contributed by atoms with van der Waals surface area (Å²) in [6.07, 6.45) is 1.43. The minimum Gasteiger partial charge on any atom is -0.358 e. The zero-order chi connectivity index (χ0) is 10.6. The normalized spacial score (nSPS) is 11.9. The molecule has 0 aliphatic carbocycles. The van der Waals surface area contributed by atoms with Crippen LogP contribution < -0.4 is 5.32 Å². The van der Waals surface area contributed by atoms with Crippen LogP contribution in [0.2, 0.25) is 5.28 Å². The Kier molecular flexibility index (Phi) is 3.47. The molecule has 1 amide bonds. The van der Waals surface area contributed by atoms with E-state index in [9.17, 15) is 9.70 Å². The first-order valence-electron chi connectivity index (χ1n) is 3.76. The summed E-state index contributed by atoms with van der Waals surface area (Å²) in [6.45, 7) is 1.50. The van der Waals surface area contributed by atoms with Gasteiger partial charge >= 0.3 is 5.91 Å². The molecular weight excluding hydrogens is 208 g/mol. The van der Waals surface area contributed by atoms with Crippen molar-refractivity contribution >= 4 is 23.3 Å². The van der Waals surface area contributed by atoms with Crippen molar-refractivity contribution in [3.63, 3.8) is 0 Å². The van der Waals surface area contributed by atoms with Crippen molar-refractivity contribution in [3.8, 4) is 0 Å². The van der Waals surface area contributed by atoms with Crippen LogP contribution in [0.25, 0.3) is 0 Å². The van der Waals surface area contributed by atoms with Gasteiger partial charge in [0.2, 0.25) is 5.28 Å². The predicted octanol–water partition coefficient (Wildman–Crippen LogP) is 1.22. The average Bonchev–Trinajstić information content (AvgIpc) is 2.16. The van der Waals surface area contributed by atoms with Crippen molar-refractivity contribution in [1.82, 2.24) is 9.97 Å². The number of nitrogens with one attached hydrogen (secondary N) is 1. The van der Waals surface area contributed by atoms with E-state index in [1.807, 2.05) is 0 Å². The number of hydrogen-bond acceptors (Lipinski definition) is 5. The van der Waals surface area contributed by atoms with E-state index in [-0.39, 0.29) is 5.28 Å². The van der Waals surface area contributed by atoms with Gasteiger partial charge in [0.25, 0.3) is 0 Å². The van der Waals surface area contributed by atoms with Gasteiger partial charge in [-0.15, -0.1) is 4.91 Å². The SMILES string of the molecule is C[C@H](Nc1ccnc(Cl)n1)C(=O)N=O. The number of nitrogens with zero attached hydrogens (tertiary/aromatic N) is 3. The number of aromatic nitrogens is 2. The fourth-order valence-corrected chi connectivity index (χ4v) is 0.925. The molecular formula is C7H7ClN4O2. The second-order valence-electron chi connectivity index (χ2n) is 2.51. The Morgan fingerprint density at radius 2 is 2.43 bits per heavy atom. The van der Waals surface area contributed by atoms with Crippen LogP contribution in [-0.4, -0.2) is 21.9 Å². The van der Waals surface area contributed by atoms with Gasteiger partial charge in [0.05, 0.1) is 0 Å². The molecule has 14 heavy (non-hydrogen) atoms. The summed E-state index contributed by atoms with van der Waals surface area (Å²) >= 11 is 5.51. The summed E-state index contributed by atoms with van der Waals surface area (Å²) in [5.74, 6) is -0.422. The summed E-state index contributed by atoms with van der Waals surface area (Å²) in [5, 5.41) is 5.00. The molecule has 74 valence electrons. The summed E-state index contributed by atoms with van der Waals surface area (Å²) in [4.78, 5) is 28.1. The van der Waals surface area contributed by atoms with E-state index >= 15 is 0 Å². The number of hydrogen-bond donors (Lipinski definition) is 1. The third-order valence-corrected chi connectivity index (χ3v) is 1.63. The largest absolute Gasteiger partial charge is 0.358 e. The van der Waals surface area contributed by atoms with Crippen molar-refractivity contribution in [1.29, 1.82) is 0 Å². The minimum atomic E-state index is -0.792. The number of rotatable bonds is 3. The van der Waals surface area contributed by atoms with Gasteiger partial charge in [-0.25, -0.2) is 9.97 Å². The number of carbonyl (C=O) groups is 1. The summed E-state index contributed by atoms with van der Waals surface area (Å²) in [6, 6.07) is 0.805. The Bertz CT molecular complexity index is 357. The smallest absolute Gasteiger partial charge is 0.308 e. The van der Waals surface area contributed by atoms with Gasteiger partial charge in [-0.2, -0.15) is 0 Å². The molecule has 0 spiro atoms. The molecule has 1 aromatic rings. The standard InChI is InChI=1S/C7H7ClN4O2/c1-4(6(13)12-14)10-5-2-3-9-7(8)11-5/h2-4H,1H3,(H,9,10,11)/t4-/m0/s1. The molecule has 7 heteroatoms. The highest BCUT2D eigenvalue weighted by Crippen LogP contribution is 2.07. The lowest BCUT2D eigenvalue weighted by atomic mass is 10.3. The maximum absolute atomic E-state index is 10.8. The van der Waals surface area contributed by atoms with Crippen molar-refractivity contribution < 1.29 is 4.79 Å². The van der Waals surface area contributed by atoms with E-state index < -0.39 is 11.9 Å². The molecule has 0 aromatic carbocycles. The maximum atomic E-state index is 10.8. The topological polar surface area (TPSA) is 84.3 Å². The fraction of sp³-hybridized carbons (Fsp3) is 0.286. The highest BCUT2D eigenvalue weighted by atomic mass is 35.5. The van der Waals surface area contributed by atoms with E-state index in [1.165, 1.54) is 19.2 Å². The number of halogens is 1. The second-order valence-corrected chi connectivity index (χ2v) is 2.84. The Morgan fingerprint density at radius 1 is 1.71 bits per heavy atom. The lowest BCUT2D eigenvalue weighted by Crippen LogP contribution is -2.24. The molecule has 0 saturated heterocycles. The number of nitroso groups, excluding NO2 is 1. The molecule has 0 bridgehead atoms. The van der Waals surface area contributed by atoms with Crippen molar-refractivity contribution in [2.45, 2.75) is 13.0 Å². The van der Waals surface area contributed by atoms with E-state index in [0.717, 1.165) is 0 Å². The zero-order valence-electron chi connectivity index (χ0n) is 7.27. The monoisotopic (exact) mass is 214 g/mol. The molecule has 1 N–H and O–H groups in total. The molecule has 1 heterocycles. The Balaban J connectivity index is 2.69. The second kappa shape index (κ2) is 4.61. The minimum absolute atomic E-state index is 0.0636. The highest BCUT2D eigenvalue weighted by Gasteiger charge is 2.13. The summed E-state index contributed by atoms with van der Waals surface area (Å²) < 4.78 is 0. The van der Waals surface area contributed by atoms with Gasteiger partial charge in [0.1, 0.15) is 11.9 Å². The third-order valence-electron chi connectivity index (χ3n) is 1.45. The molecule has 6 nitrogen and oxygen atoms in total. The average molecular weight is 215 g/mol. The molecule has 1 aromatic heterocycles. The Morgan fingerprint density at radius 3 is 3.00 bits per heavy atom. The molecule has 1 rings (SSSR count). The molecule has 0 fully saturated rings. The quantitative estimate of drug-likeness (QED) is 0.604. The molecule has 0 aliphatic heterocycles. The molecule has 1 atom stereocenters. The van der Waals surface area contributed by atoms with Crippen LogP contribution in [0.3, 0.4) is 0 Å². The van der Waals surface area contributed by atoms with Crippen LogP contribution in [0, 0.1) is 4.91 Å². The zero-order valence-corrected chi connectivity index (χ0v) is 8.02. The lowest BCUT2D eigenvalue weighted by Gasteiger charge is -2.08. The van der Waals surface area contributed by atoms with E-state index in [0.29, 0.717) is 5.82 Å². The van der Waals surface area contributed by atoms with Crippen molar-refractivity contribution in [2.24, 2.45) is 5.18 Å². The van der Waals surface area contributed by atoms with Gasteiger partial charge in [-0.3, -0.25) is 4.79 Å². The van der Waals surface area contributed by atoms with Gasteiger partial charge < -0.3 is 5.32 Å². The van der Waals surface area contributed by atoms with Crippen LogP contribution in [0.5, 0.6) is 0 Å². The number of anilines is 1. The van der Waals surface area contributed by atoms with Gasteiger partial charge in [0.15, 0.2) is 0 Å². The van der Waals surface area contributed by atoms with Crippen LogP contribution >= 0.6 is 11.6 Å². The number of carbonyl (C=O) groups excluding carboxylic acids is 1. The van der Waals surface area contributed by atoms with Crippen LogP contribution in [0.15, 0.2) is 17.4 Å². The third kappa shape index (κ3) is 2.74. The van der Waals surface area contributed by atoms with E-state index in [1.54, 1.807) is 0 Å². The van der Waals surface area contributed by atoms with Crippen molar-refractivity contribution in [2.75, 3.05) is 5.32 Å². The lowest BCUT2D eigenvalue weighted by molar-refractivity contribution is -0.118. The van der Waals surface area contributed by atoms with Gasteiger partial charge in [-0.05, 0) is 24.6 Å². The highest BCUT2D eigenvalue weighted by molar-refractivity contribution is 6.28. The van der Waals surface area contributed by atoms with Gasteiger partial charge in [-0.1, -0.05) is 0 Å². The Hall–Kier alpha value is -1.56. The van der Waals surface area contributed by atoms with Crippen LogP contribution in [-0.2, 0) is 4.79 Å².